The van der Waals surface area contributed by atoms with Gasteiger partial charge in [-0.3, -0.25) is 4.79 Å². The molecule has 1 aromatic heterocycles. The van der Waals surface area contributed by atoms with Crippen molar-refractivity contribution in [3.05, 3.63) is 47.7 Å². The van der Waals surface area contributed by atoms with Crippen LogP contribution < -0.4 is 5.32 Å². The fourth-order valence-corrected chi connectivity index (χ4v) is 3.67. The van der Waals surface area contributed by atoms with Crippen LogP contribution in [0.4, 0.5) is 0 Å². The number of piperidine rings is 1. The number of hydrogen-bond acceptors (Lipinski definition) is 3. The number of amides is 1. The van der Waals surface area contributed by atoms with E-state index in [0.717, 1.165) is 53.2 Å². The van der Waals surface area contributed by atoms with Crippen molar-refractivity contribution in [2.24, 2.45) is 0 Å². The lowest BCUT2D eigenvalue weighted by atomic mass is 10.0. The number of nitrogens with one attached hydrogen (secondary N) is 1. The van der Waals surface area contributed by atoms with Crippen LogP contribution in [-0.2, 0) is 0 Å². The molecule has 1 aliphatic rings. The quantitative estimate of drug-likeness (QED) is 0.782. The van der Waals surface area contributed by atoms with Crippen molar-refractivity contribution >= 4 is 27.6 Å². The van der Waals surface area contributed by atoms with Crippen molar-refractivity contribution in [1.82, 2.24) is 10.2 Å². The van der Waals surface area contributed by atoms with Crippen LogP contribution in [0.15, 0.2) is 40.8 Å². The Morgan fingerprint density at radius 3 is 2.67 bits per heavy atom. The highest BCUT2D eigenvalue weighted by atomic mass is 16.3. The Morgan fingerprint density at radius 1 is 1.12 bits per heavy atom. The number of hydrogen-bond donors (Lipinski definition) is 1. The fourth-order valence-electron chi connectivity index (χ4n) is 3.67. The Morgan fingerprint density at radius 2 is 1.88 bits per heavy atom. The number of rotatable bonds is 2. The summed E-state index contributed by atoms with van der Waals surface area (Å²) in [5.41, 5.74) is 1.74. The first-order valence-electron chi connectivity index (χ1n) is 8.55. The van der Waals surface area contributed by atoms with E-state index in [1.807, 2.05) is 37.1 Å². The van der Waals surface area contributed by atoms with Gasteiger partial charge in [-0.2, -0.15) is 0 Å². The predicted octanol–water partition coefficient (Wildman–Crippen LogP) is 3.72. The molecule has 1 saturated heterocycles. The first-order chi connectivity index (χ1) is 11.7. The van der Waals surface area contributed by atoms with Gasteiger partial charge in [0.05, 0.1) is 0 Å². The van der Waals surface area contributed by atoms with Crippen LogP contribution in [-0.4, -0.2) is 37.0 Å². The van der Waals surface area contributed by atoms with Crippen LogP contribution in [0.3, 0.4) is 0 Å². The SMILES string of the molecule is Cc1c(C(=O)N(C)C2CCNCC2)oc2c1ccc1ccccc12. The summed E-state index contributed by atoms with van der Waals surface area (Å²) >= 11 is 0. The number of nitrogens with zero attached hydrogens (tertiary/aromatic N) is 1. The zero-order valence-corrected chi connectivity index (χ0v) is 14.1. The molecule has 1 fully saturated rings. The third-order valence-corrected chi connectivity index (χ3v) is 5.20. The smallest absolute Gasteiger partial charge is 0.289 e. The molecule has 0 aliphatic carbocycles. The second kappa shape index (κ2) is 5.95. The third-order valence-electron chi connectivity index (χ3n) is 5.20. The van der Waals surface area contributed by atoms with Crippen molar-refractivity contribution in [1.29, 1.82) is 0 Å². The summed E-state index contributed by atoms with van der Waals surface area (Å²) in [4.78, 5) is 14.8. The average molecular weight is 322 g/mol. The van der Waals surface area contributed by atoms with Gasteiger partial charge in [-0.25, -0.2) is 0 Å². The van der Waals surface area contributed by atoms with E-state index in [1.54, 1.807) is 0 Å². The molecule has 2 aromatic carbocycles. The molecule has 24 heavy (non-hydrogen) atoms. The van der Waals surface area contributed by atoms with E-state index in [9.17, 15) is 4.79 Å². The molecule has 0 unspecified atom stereocenters. The van der Waals surface area contributed by atoms with Gasteiger partial charge in [0.2, 0.25) is 0 Å². The molecule has 0 radical (unpaired) electrons. The Labute approximate surface area is 141 Å². The van der Waals surface area contributed by atoms with Gasteiger partial charge in [-0.1, -0.05) is 36.4 Å². The molecule has 124 valence electrons. The van der Waals surface area contributed by atoms with Crippen molar-refractivity contribution in [2.75, 3.05) is 20.1 Å². The number of aryl methyl sites for hydroxylation is 1. The number of furan rings is 1. The maximum atomic E-state index is 13.0. The van der Waals surface area contributed by atoms with E-state index in [1.165, 1.54) is 0 Å². The monoisotopic (exact) mass is 322 g/mol. The molecule has 3 aromatic rings. The van der Waals surface area contributed by atoms with Crippen LogP contribution >= 0.6 is 0 Å². The summed E-state index contributed by atoms with van der Waals surface area (Å²) in [7, 11) is 1.89. The summed E-state index contributed by atoms with van der Waals surface area (Å²) < 4.78 is 6.08. The standard InChI is InChI=1S/C20H22N2O2/c1-13-16-8-7-14-5-3-4-6-17(14)19(16)24-18(13)20(23)22(2)15-9-11-21-12-10-15/h3-8,15,21H,9-12H2,1-2H3. The minimum atomic E-state index is -0.0142. The van der Waals surface area contributed by atoms with E-state index in [4.69, 9.17) is 4.42 Å². The number of benzene rings is 2. The second-order valence-corrected chi connectivity index (χ2v) is 6.62. The maximum absolute atomic E-state index is 13.0. The molecule has 0 atom stereocenters. The van der Waals surface area contributed by atoms with Crippen LogP contribution in [0.25, 0.3) is 21.7 Å². The summed E-state index contributed by atoms with van der Waals surface area (Å²) in [5.74, 6) is 0.460. The molecular weight excluding hydrogens is 300 g/mol. The summed E-state index contributed by atoms with van der Waals surface area (Å²) in [5, 5.41) is 6.55. The van der Waals surface area contributed by atoms with E-state index >= 15 is 0 Å². The van der Waals surface area contributed by atoms with Crippen molar-refractivity contribution < 1.29 is 9.21 Å². The van der Waals surface area contributed by atoms with Gasteiger partial charge in [0.1, 0.15) is 5.58 Å². The Hall–Kier alpha value is -2.33. The maximum Gasteiger partial charge on any atom is 0.289 e. The van der Waals surface area contributed by atoms with Crippen molar-refractivity contribution in [2.45, 2.75) is 25.8 Å². The molecule has 1 amide bonds. The Balaban J connectivity index is 1.77. The zero-order valence-electron chi connectivity index (χ0n) is 14.1. The van der Waals surface area contributed by atoms with Crippen LogP contribution in [0, 0.1) is 6.92 Å². The average Bonchev–Trinajstić information content (AvgIpc) is 2.98. The molecule has 4 rings (SSSR count). The minimum Gasteiger partial charge on any atom is -0.450 e. The molecule has 0 saturated carbocycles. The van der Waals surface area contributed by atoms with E-state index in [0.29, 0.717) is 5.76 Å². The molecule has 4 heteroatoms. The highest BCUT2D eigenvalue weighted by Gasteiger charge is 2.27. The van der Waals surface area contributed by atoms with Gasteiger partial charge >= 0.3 is 0 Å². The lowest BCUT2D eigenvalue weighted by Crippen LogP contribution is -2.44. The molecular formula is C20H22N2O2. The van der Waals surface area contributed by atoms with Gasteiger partial charge in [0, 0.05) is 29.4 Å². The summed E-state index contributed by atoms with van der Waals surface area (Å²) in [6.07, 6.45) is 1.98. The first kappa shape index (κ1) is 15.2. The van der Waals surface area contributed by atoms with Crippen LogP contribution in [0.5, 0.6) is 0 Å². The topological polar surface area (TPSA) is 45.5 Å². The van der Waals surface area contributed by atoms with Gasteiger partial charge < -0.3 is 14.6 Å². The zero-order chi connectivity index (χ0) is 16.7. The predicted molar refractivity (Wildman–Crippen MR) is 96.4 cm³/mol. The van der Waals surface area contributed by atoms with Gasteiger partial charge in [0.25, 0.3) is 5.91 Å². The summed E-state index contributed by atoms with van der Waals surface area (Å²) in [6, 6.07) is 12.6. The van der Waals surface area contributed by atoms with Gasteiger partial charge in [0.15, 0.2) is 5.76 Å². The normalized spacial score (nSPS) is 15.9. The number of carbonyl (C=O) groups excluding carboxylic acids is 1. The van der Waals surface area contributed by atoms with E-state index in [2.05, 4.69) is 23.5 Å². The highest BCUT2D eigenvalue weighted by Crippen LogP contribution is 2.32. The minimum absolute atomic E-state index is 0.0142. The molecule has 1 N–H and O–H groups in total. The van der Waals surface area contributed by atoms with Crippen molar-refractivity contribution in [3.8, 4) is 0 Å². The second-order valence-electron chi connectivity index (χ2n) is 6.62. The number of fused-ring (bicyclic) bond motifs is 3. The summed E-state index contributed by atoms with van der Waals surface area (Å²) in [6.45, 7) is 3.90. The lowest BCUT2D eigenvalue weighted by Gasteiger charge is -2.31. The number of carbonyl (C=O) groups is 1. The molecule has 1 aliphatic heterocycles. The lowest BCUT2D eigenvalue weighted by molar-refractivity contribution is 0.0672. The van der Waals surface area contributed by atoms with E-state index in [-0.39, 0.29) is 11.9 Å². The highest BCUT2D eigenvalue weighted by molar-refractivity contribution is 6.08. The molecule has 0 spiro atoms. The molecule has 2 heterocycles. The molecule has 4 nitrogen and oxygen atoms in total. The van der Waals surface area contributed by atoms with E-state index < -0.39 is 0 Å². The largest absolute Gasteiger partial charge is 0.450 e. The van der Waals surface area contributed by atoms with Gasteiger partial charge in [-0.15, -0.1) is 0 Å². The fraction of sp³-hybridized carbons (Fsp3) is 0.350. The first-order valence-corrected chi connectivity index (χ1v) is 8.55. The van der Waals surface area contributed by atoms with Crippen molar-refractivity contribution in [3.63, 3.8) is 0 Å². The van der Waals surface area contributed by atoms with Crippen LogP contribution in [0.1, 0.15) is 29.0 Å². The Kier molecular flexibility index (Phi) is 3.77. The third kappa shape index (κ3) is 2.38. The Bertz CT molecular complexity index is 907. The van der Waals surface area contributed by atoms with Crippen LogP contribution in [0.2, 0.25) is 0 Å². The van der Waals surface area contributed by atoms with Gasteiger partial charge in [-0.05, 0) is 38.2 Å². The molecule has 0 bridgehead atoms.